The lowest BCUT2D eigenvalue weighted by molar-refractivity contribution is -0.385. The Labute approximate surface area is 186 Å². The van der Waals surface area contributed by atoms with Crippen molar-refractivity contribution in [2.45, 2.75) is 64.6 Å². The monoisotopic (exact) mass is 444 g/mol. The van der Waals surface area contributed by atoms with E-state index in [2.05, 4.69) is 0 Å². The first-order valence-electron chi connectivity index (χ1n) is 10.6. The lowest BCUT2D eigenvalue weighted by Gasteiger charge is -2.16. The summed E-state index contributed by atoms with van der Waals surface area (Å²) in [5.41, 5.74) is 2.11. The van der Waals surface area contributed by atoms with E-state index >= 15 is 0 Å². The Kier molecular flexibility index (Phi) is 9.59. The molecule has 0 aliphatic rings. The third kappa shape index (κ3) is 8.71. The van der Waals surface area contributed by atoms with Gasteiger partial charge in [-0.15, -0.1) is 0 Å². The smallest absolute Gasteiger partial charge is 0.431 e. The zero-order chi connectivity index (χ0) is 23.5. The molecule has 0 aromatic heterocycles. The average Bonchev–Trinajstić information content (AvgIpc) is 2.74. The lowest BCUT2D eigenvalue weighted by atomic mass is 10.1. The van der Waals surface area contributed by atoms with Gasteiger partial charge >= 0.3 is 6.16 Å². The number of nitro groups is 2. The summed E-state index contributed by atoms with van der Waals surface area (Å²) in [4.78, 5) is 32.5. The number of nitrogens with zero attached hydrogens (tertiary/aromatic N) is 2. The van der Waals surface area contributed by atoms with E-state index in [9.17, 15) is 25.0 Å². The van der Waals surface area contributed by atoms with Gasteiger partial charge in [0.2, 0.25) is 0 Å². The number of hydrogen-bond donors (Lipinski definition) is 0. The van der Waals surface area contributed by atoms with Gasteiger partial charge in [0.15, 0.2) is 0 Å². The summed E-state index contributed by atoms with van der Waals surface area (Å²) < 4.78 is 10.6. The highest BCUT2D eigenvalue weighted by Crippen LogP contribution is 2.16. The molecule has 0 fully saturated rings. The molecule has 0 aliphatic carbocycles. The Hall–Kier alpha value is -3.49. The molecule has 172 valence electrons. The summed E-state index contributed by atoms with van der Waals surface area (Å²) in [5.74, 6) is 0. The second-order valence-corrected chi connectivity index (χ2v) is 7.74. The second kappa shape index (κ2) is 12.4. The van der Waals surface area contributed by atoms with Crippen LogP contribution in [0.2, 0.25) is 0 Å². The van der Waals surface area contributed by atoms with Crippen LogP contribution in [0, 0.1) is 20.2 Å². The van der Waals surface area contributed by atoms with Crippen molar-refractivity contribution in [1.29, 1.82) is 0 Å². The summed E-state index contributed by atoms with van der Waals surface area (Å²) in [6, 6.07) is 12.9. The molecular formula is C23H28N2O7. The molecule has 0 bridgehead atoms. The summed E-state index contributed by atoms with van der Waals surface area (Å²) in [6.07, 6.45) is 3.03. The highest BCUT2D eigenvalue weighted by molar-refractivity contribution is 5.60. The van der Waals surface area contributed by atoms with Gasteiger partial charge in [0.1, 0.15) is 12.2 Å². The predicted molar refractivity (Wildman–Crippen MR) is 119 cm³/mol. The Balaban J connectivity index is 1.61. The number of benzene rings is 2. The van der Waals surface area contributed by atoms with E-state index in [0.717, 1.165) is 36.8 Å². The maximum atomic E-state index is 12.0. The normalized spacial score (nSPS) is 12.6. The van der Waals surface area contributed by atoms with E-state index in [1.165, 1.54) is 24.3 Å². The van der Waals surface area contributed by atoms with Gasteiger partial charge in [-0.25, -0.2) is 4.79 Å². The third-order valence-electron chi connectivity index (χ3n) is 5.04. The summed E-state index contributed by atoms with van der Waals surface area (Å²) in [7, 11) is 0. The average molecular weight is 444 g/mol. The Morgan fingerprint density at radius 3 is 1.41 bits per heavy atom. The van der Waals surface area contributed by atoms with Crippen LogP contribution >= 0.6 is 0 Å². The summed E-state index contributed by atoms with van der Waals surface area (Å²) >= 11 is 0. The molecule has 2 atom stereocenters. The zero-order valence-corrected chi connectivity index (χ0v) is 18.3. The topological polar surface area (TPSA) is 122 Å². The molecular weight excluding hydrogens is 416 g/mol. The van der Waals surface area contributed by atoms with E-state index in [0.29, 0.717) is 12.8 Å². The van der Waals surface area contributed by atoms with Crippen molar-refractivity contribution in [1.82, 2.24) is 0 Å². The van der Waals surface area contributed by atoms with E-state index in [4.69, 9.17) is 9.47 Å². The van der Waals surface area contributed by atoms with Crippen LogP contribution in [0.15, 0.2) is 48.5 Å². The van der Waals surface area contributed by atoms with E-state index in [-0.39, 0.29) is 23.6 Å². The van der Waals surface area contributed by atoms with Crippen molar-refractivity contribution < 1.29 is 24.1 Å². The molecule has 0 saturated heterocycles. The second-order valence-electron chi connectivity index (χ2n) is 7.74. The number of carbonyl (C=O) groups is 1. The van der Waals surface area contributed by atoms with Crippen molar-refractivity contribution in [2.24, 2.45) is 0 Å². The van der Waals surface area contributed by atoms with Crippen LogP contribution in [-0.2, 0) is 22.3 Å². The first-order valence-corrected chi connectivity index (χ1v) is 10.6. The number of nitro benzene ring substituents is 2. The maximum Gasteiger partial charge on any atom is 0.508 e. The molecule has 0 heterocycles. The molecule has 0 saturated carbocycles. The van der Waals surface area contributed by atoms with Gasteiger partial charge < -0.3 is 9.47 Å². The van der Waals surface area contributed by atoms with Gasteiger partial charge in [-0.2, -0.15) is 0 Å². The fourth-order valence-corrected chi connectivity index (χ4v) is 3.23. The molecule has 2 aromatic rings. The first kappa shape index (κ1) is 24.8. The van der Waals surface area contributed by atoms with Gasteiger partial charge in [0.05, 0.1) is 9.85 Å². The van der Waals surface area contributed by atoms with Crippen LogP contribution in [0.3, 0.4) is 0 Å². The van der Waals surface area contributed by atoms with Crippen LogP contribution < -0.4 is 0 Å². The molecule has 9 heteroatoms. The highest BCUT2D eigenvalue weighted by atomic mass is 16.7. The Morgan fingerprint density at radius 2 is 1.09 bits per heavy atom. The van der Waals surface area contributed by atoms with Crippen molar-refractivity contribution in [3.63, 3.8) is 0 Å². The van der Waals surface area contributed by atoms with E-state index in [1.54, 1.807) is 38.1 Å². The van der Waals surface area contributed by atoms with E-state index < -0.39 is 16.0 Å². The SMILES string of the molecule is C[C@H](CCCc1ccc([N+](=O)[O-])cc1)OC(=O)O[C@H](C)CCCc1ccc([N+](=O)[O-])cc1. The molecule has 0 N–H and O–H groups in total. The van der Waals surface area contributed by atoms with E-state index in [1.807, 2.05) is 0 Å². The van der Waals surface area contributed by atoms with Crippen LogP contribution in [0.25, 0.3) is 0 Å². The minimum Gasteiger partial charge on any atom is -0.431 e. The molecule has 0 unspecified atom stereocenters. The van der Waals surface area contributed by atoms with Gasteiger partial charge in [-0.05, 0) is 63.5 Å². The van der Waals surface area contributed by atoms with Crippen LogP contribution in [0.4, 0.5) is 16.2 Å². The molecule has 0 aliphatic heterocycles. The molecule has 2 rings (SSSR count). The number of aryl methyl sites for hydroxylation is 2. The highest BCUT2D eigenvalue weighted by Gasteiger charge is 2.15. The van der Waals surface area contributed by atoms with Crippen molar-refractivity contribution in [3.05, 3.63) is 79.9 Å². The number of ether oxygens (including phenoxy) is 2. The molecule has 0 spiro atoms. The third-order valence-corrected chi connectivity index (χ3v) is 5.04. The minimum absolute atomic E-state index is 0.0649. The summed E-state index contributed by atoms with van der Waals surface area (Å²) in [5, 5.41) is 21.3. The number of rotatable bonds is 12. The quantitative estimate of drug-likeness (QED) is 0.231. The standard InChI is InChI=1S/C23H28N2O7/c1-17(5-3-7-19-9-13-21(14-10-19)24(27)28)31-23(26)32-18(2)6-4-8-20-11-15-22(16-12-20)25(29)30/h9-18H,3-8H2,1-2H3/t17-,18-/m1/s1. The Morgan fingerprint density at radius 1 is 0.750 bits per heavy atom. The van der Waals surface area contributed by atoms with Gasteiger partial charge in [0.25, 0.3) is 11.4 Å². The molecule has 9 nitrogen and oxygen atoms in total. The van der Waals surface area contributed by atoms with Crippen LogP contribution in [0.1, 0.15) is 50.7 Å². The molecule has 0 amide bonds. The number of non-ortho nitro benzene ring substituents is 2. The van der Waals surface area contributed by atoms with Crippen LogP contribution in [-0.4, -0.2) is 28.2 Å². The van der Waals surface area contributed by atoms with Gasteiger partial charge in [-0.3, -0.25) is 20.2 Å². The largest absolute Gasteiger partial charge is 0.508 e. The molecule has 32 heavy (non-hydrogen) atoms. The van der Waals surface area contributed by atoms with Crippen LogP contribution in [0.5, 0.6) is 0 Å². The van der Waals surface area contributed by atoms with Crippen molar-refractivity contribution in [2.75, 3.05) is 0 Å². The zero-order valence-electron chi connectivity index (χ0n) is 18.3. The minimum atomic E-state index is -0.698. The Bertz CT molecular complexity index is 824. The van der Waals surface area contributed by atoms with Crippen molar-refractivity contribution >= 4 is 17.5 Å². The van der Waals surface area contributed by atoms with Crippen molar-refractivity contribution in [3.8, 4) is 0 Å². The molecule has 0 radical (unpaired) electrons. The number of carbonyl (C=O) groups excluding carboxylic acids is 1. The fraction of sp³-hybridized carbons (Fsp3) is 0.435. The summed E-state index contributed by atoms with van der Waals surface area (Å²) in [6.45, 7) is 3.60. The number of hydrogen-bond acceptors (Lipinski definition) is 7. The molecule has 2 aromatic carbocycles. The van der Waals surface area contributed by atoms with Gasteiger partial charge in [-0.1, -0.05) is 24.3 Å². The maximum absolute atomic E-state index is 12.0. The van der Waals surface area contributed by atoms with Gasteiger partial charge in [0, 0.05) is 24.3 Å². The first-order chi connectivity index (χ1) is 15.2. The predicted octanol–water partition coefficient (Wildman–Crippen LogP) is 5.78. The fourth-order valence-electron chi connectivity index (χ4n) is 3.23. The lowest BCUT2D eigenvalue weighted by Crippen LogP contribution is -2.21.